The van der Waals surface area contributed by atoms with E-state index in [0.717, 1.165) is 41.5 Å². The highest BCUT2D eigenvalue weighted by Crippen LogP contribution is 2.33. The average Bonchev–Trinajstić information content (AvgIpc) is 3.22. The van der Waals surface area contributed by atoms with Crippen LogP contribution in [-0.4, -0.2) is 38.8 Å². The summed E-state index contributed by atoms with van der Waals surface area (Å²) in [7, 11) is 0. The molecule has 3 heterocycles. The lowest BCUT2D eigenvalue weighted by atomic mass is 9.91. The van der Waals surface area contributed by atoms with E-state index >= 15 is 0 Å². The molecule has 1 aliphatic rings. The van der Waals surface area contributed by atoms with Crippen LogP contribution in [0, 0.1) is 5.82 Å². The smallest absolute Gasteiger partial charge is 0.227 e. The molecule has 4 aromatic rings. The van der Waals surface area contributed by atoms with Gasteiger partial charge in [-0.1, -0.05) is 30.3 Å². The predicted molar refractivity (Wildman–Crippen MR) is 118 cm³/mol. The van der Waals surface area contributed by atoms with Gasteiger partial charge in [0.1, 0.15) is 5.82 Å². The van der Waals surface area contributed by atoms with Crippen molar-refractivity contribution in [2.45, 2.75) is 25.2 Å². The van der Waals surface area contributed by atoms with Gasteiger partial charge in [-0.25, -0.2) is 4.39 Å². The van der Waals surface area contributed by atoms with Crippen LogP contribution in [0.15, 0.2) is 67.1 Å². The number of para-hydroxylation sites is 1. The first kappa shape index (κ1) is 19.4. The number of likely N-dealkylation sites (tertiary alicyclic amines) is 1. The summed E-state index contributed by atoms with van der Waals surface area (Å²) in [5, 5.41) is 1.08. The molecule has 0 radical (unpaired) electrons. The van der Waals surface area contributed by atoms with Crippen LogP contribution < -0.4 is 0 Å². The van der Waals surface area contributed by atoms with E-state index < -0.39 is 0 Å². The topological polar surface area (TPSA) is 61.9 Å². The summed E-state index contributed by atoms with van der Waals surface area (Å²) in [4.78, 5) is 27.3. The summed E-state index contributed by atoms with van der Waals surface area (Å²) in [6, 6.07) is 14.6. The number of benzene rings is 2. The Labute approximate surface area is 180 Å². The number of nitrogens with zero attached hydrogens (tertiary/aromatic N) is 3. The average molecular weight is 414 g/mol. The molecule has 2 aromatic heterocycles. The fourth-order valence-electron chi connectivity index (χ4n) is 4.49. The van der Waals surface area contributed by atoms with E-state index in [2.05, 4.69) is 15.0 Å². The lowest BCUT2D eigenvalue weighted by Gasteiger charge is -2.33. The number of rotatable bonds is 4. The fraction of sp³-hybridized carbons (Fsp3) is 0.240. The van der Waals surface area contributed by atoms with Crippen LogP contribution in [0.2, 0.25) is 0 Å². The molecule has 0 bridgehead atoms. The van der Waals surface area contributed by atoms with Gasteiger partial charge in [0.15, 0.2) is 0 Å². The van der Waals surface area contributed by atoms with Crippen LogP contribution in [0.5, 0.6) is 0 Å². The number of fused-ring (bicyclic) bond motifs is 1. The molecule has 6 heteroatoms. The number of carbonyl (C=O) groups excluding carboxylic acids is 1. The van der Waals surface area contributed by atoms with Gasteiger partial charge in [0, 0.05) is 54.1 Å². The minimum Gasteiger partial charge on any atom is -0.361 e. The van der Waals surface area contributed by atoms with E-state index in [-0.39, 0.29) is 17.6 Å². The van der Waals surface area contributed by atoms with E-state index in [9.17, 15) is 9.18 Å². The maximum atomic E-state index is 14.4. The van der Waals surface area contributed by atoms with Crippen molar-refractivity contribution < 1.29 is 9.18 Å². The Morgan fingerprint density at radius 1 is 1.10 bits per heavy atom. The molecule has 1 fully saturated rings. The summed E-state index contributed by atoms with van der Waals surface area (Å²) < 4.78 is 14.4. The molecule has 2 aromatic carbocycles. The van der Waals surface area contributed by atoms with Gasteiger partial charge in [0.05, 0.1) is 17.8 Å². The Morgan fingerprint density at radius 2 is 1.90 bits per heavy atom. The Hall–Kier alpha value is -3.54. The molecular weight excluding hydrogens is 391 g/mol. The minimum atomic E-state index is -0.313. The number of H-pyrrole nitrogens is 1. The maximum Gasteiger partial charge on any atom is 0.227 e. The standard InChI is InChI=1S/C25H23FN4O/c26-21-9-3-1-8-20(21)25-24(27-11-12-28-25)17-6-5-13-30(16-17)23(31)14-18-15-29-22-10-4-2-7-19(18)22/h1-4,7-12,15,17,29H,5-6,13-14,16H2/t17-/m1/s1. The number of aromatic amines is 1. The van der Waals surface area contributed by atoms with Crippen LogP contribution in [0.4, 0.5) is 4.39 Å². The fourth-order valence-corrected chi connectivity index (χ4v) is 4.49. The van der Waals surface area contributed by atoms with Gasteiger partial charge in [-0.2, -0.15) is 0 Å². The van der Waals surface area contributed by atoms with Gasteiger partial charge in [0.25, 0.3) is 0 Å². The Morgan fingerprint density at radius 3 is 2.81 bits per heavy atom. The number of carbonyl (C=O) groups is 1. The second-order valence-corrected chi connectivity index (χ2v) is 7.99. The Balaban J connectivity index is 1.38. The Kier molecular flexibility index (Phi) is 5.20. The van der Waals surface area contributed by atoms with Gasteiger partial charge in [-0.3, -0.25) is 14.8 Å². The van der Waals surface area contributed by atoms with Gasteiger partial charge >= 0.3 is 0 Å². The van der Waals surface area contributed by atoms with Crippen LogP contribution in [-0.2, 0) is 11.2 Å². The van der Waals surface area contributed by atoms with E-state index in [0.29, 0.717) is 24.2 Å². The highest BCUT2D eigenvalue weighted by molar-refractivity contribution is 5.89. The molecule has 0 saturated carbocycles. The van der Waals surface area contributed by atoms with E-state index in [1.165, 1.54) is 6.07 Å². The third-order valence-electron chi connectivity index (χ3n) is 6.03. The molecule has 1 aliphatic heterocycles. The van der Waals surface area contributed by atoms with Crippen LogP contribution >= 0.6 is 0 Å². The zero-order valence-electron chi connectivity index (χ0n) is 17.1. The molecule has 0 aliphatic carbocycles. The number of hydrogen-bond acceptors (Lipinski definition) is 3. The first-order chi connectivity index (χ1) is 15.2. The number of nitrogens with one attached hydrogen (secondary N) is 1. The quantitative estimate of drug-likeness (QED) is 0.526. The molecular formula is C25H23FN4O. The van der Waals surface area contributed by atoms with Crippen molar-refractivity contribution in [3.63, 3.8) is 0 Å². The summed E-state index contributed by atoms with van der Waals surface area (Å²) in [6.07, 6.45) is 7.30. The molecule has 1 amide bonds. The normalized spacial score (nSPS) is 16.5. The number of piperidine rings is 1. The first-order valence-corrected chi connectivity index (χ1v) is 10.6. The molecule has 0 unspecified atom stereocenters. The van der Waals surface area contributed by atoms with E-state index in [4.69, 9.17) is 0 Å². The van der Waals surface area contributed by atoms with Gasteiger partial charge in [0.2, 0.25) is 5.91 Å². The second kappa shape index (κ2) is 8.30. The first-order valence-electron chi connectivity index (χ1n) is 10.6. The van der Waals surface area contributed by atoms with Crippen molar-refractivity contribution in [2.24, 2.45) is 0 Å². The van der Waals surface area contributed by atoms with Crippen molar-refractivity contribution in [3.8, 4) is 11.3 Å². The summed E-state index contributed by atoms with van der Waals surface area (Å²) in [5.74, 6) is -0.179. The molecule has 1 saturated heterocycles. The molecule has 31 heavy (non-hydrogen) atoms. The molecule has 5 rings (SSSR count). The van der Waals surface area contributed by atoms with Crippen molar-refractivity contribution in [3.05, 3.63) is 84.2 Å². The van der Waals surface area contributed by atoms with Crippen molar-refractivity contribution in [1.82, 2.24) is 19.9 Å². The van der Waals surface area contributed by atoms with Crippen molar-refractivity contribution >= 4 is 16.8 Å². The summed E-state index contributed by atoms with van der Waals surface area (Å²) in [6.45, 7) is 1.30. The highest BCUT2D eigenvalue weighted by atomic mass is 19.1. The molecule has 1 N–H and O–H groups in total. The largest absolute Gasteiger partial charge is 0.361 e. The summed E-state index contributed by atoms with van der Waals surface area (Å²) >= 11 is 0. The van der Waals surface area contributed by atoms with Gasteiger partial charge in [-0.05, 0) is 36.6 Å². The maximum absolute atomic E-state index is 14.4. The van der Waals surface area contributed by atoms with Crippen molar-refractivity contribution in [1.29, 1.82) is 0 Å². The lowest BCUT2D eigenvalue weighted by molar-refractivity contribution is -0.131. The number of hydrogen-bond donors (Lipinski definition) is 1. The molecule has 156 valence electrons. The third kappa shape index (κ3) is 3.81. The number of aromatic nitrogens is 3. The SMILES string of the molecule is O=C(Cc1c[nH]c2ccccc12)N1CCC[C@@H](c2nccnc2-c2ccccc2F)C1. The third-order valence-corrected chi connectivity index (χ3v) is 6.03. The van der Waals surface area contributed by atoms with Crippen LogP contribution in [0.1, 0.15) is 30.0 Å². The number of halogens is 1. The minimum absolute atomic E-state index is 0.0315. The summed E-state index contributed by atoms with van der Waals surface area (Å²) in [5.41, 5.74) is 3.83. The highest BCUT2D eigenvalue weighted by Gasteiger charge is 2.28. The zero-order valence-corrected chi connectivity index (χ0v) is 17.1. The molecule has 1 atom stereocenters. The molecule has 0 spiro atoms. The lowest BCUT2D eigenvalue weighted by Crippen LogP contribution is -2.40. The van der Waals surface area contributed by atoms with Crippen LogP contribution in [0.3, 0.4) is 0 Å². The van der Waals surface area contributed by atoms with E-state index in [1.807, 2.05) is 35.4 Å². The number of amides is 1. The van der Waals surface area contributed by atoms with Crippen molar-refractivity contribution in [2.75, 3.05) is 13.1 Å². The molecule has 5 nitrogen and oxygen atoms in total. The predicted octanol–water partition coefficient (Wildman–Crippen LogP) is 4.71. The van der Waals surface area contributed by atoms with Gasteiger partial charge < -0.3 is 9.88 Å². The zero-order chi connectivity index (χ0) is 21.2. The second-order valence-electron chi connectivity index (χ2n) is 7.99. The van der Waals surface area contributed by atoms with E-state index in [1.54, 1.807) is 30.6 Å². The monoisotopic (exact) mass is 414 g/mol. The Bertz CT molecular complexity index is 1230. The van der Waals surface area contributed by atoms with Crippen LogP contribution in [0.25, 0.3) is 22.2 Å². The van der Waals surface area contributed by atoms with Gasteiger partial charge in [-0.15, -0.1) is 0 Å².